The number of hydrogen-bond donors (Lipinski definition) is 0. The van der Waals surface area contributed by atoms with Crippen LogP contribution in [-0.4, -0.2) is 29.9 Å². The molecule has 0 radical (unpaired) electrons. The zero-order valence-corrected chi connectivity index (χ0v) is 60.2. The largest absolute Gasteiger partial charge is 2.00 e. The normalized spacial score (nSPS) is 12.1. The first-order valence-corrected chi connectivity index (χ1v) is 35.1. The van der Waals surface area contributed by atoms with Crippen molar-refractivity contribution in [2.24, 2.45) is 0 Å². The Hall–Kier alpha value is -12.3. The van der Waals surface area contributed by atoms with Crippen molar-refractivity contribution in [1.82, 2.24) is 39.9 Å². The standard InChI is InChI=1S/C92H72N8O4.Ni/c1-89(2,57-21-13-9-14-22-57)61-29-37-65(38-30-61)101-69-45-49-73-77(53-69)85-93-81(73)98-86-79-55-71(103-67-41-33-63(34-42-67)91(5,6)59-25-17-11-18-26-59)47-51-75(79)83(95-86)100-88-80-56-72(104-68-43-35-64(36-44-68)92(7,8)60-27-19-12-20-28-60)48-52-76(80)84(96-88)99-87-78-54-70(46-50-74(78)82(94-87)97-85)102-66-39-31-62(32-40-66)90(3,4)58-23-15-10-16-24-58;/h9-56H,1-8H3;/q-2;+2. The third-order valence-corrected chi connectivity index (χ3v) is 20.8. The van der Waals surface area contributed by atoms with E-state index in [0.29, 0.717) is 136 Å². The third-order valence-electron chi connectivity index (χ3n) is 20.8. The molecule has 2 aliphatic heterocycles. The van der Waals surface area contributed by atoms with Crippen LogP contribution < -0.4 is 28.9 Å². The van der Waals surface area contributed by atoms with Gasteiger partial charge in [-0.05, 0) is 187 Å². The van der Waals surface area contributed by atoms with Crippen LogP contribution in [0, 0.1) is 0 Å². The SMILES string of the molecule is CC(C)(c1ccccc1)c1ccc(Oc2ccc3c(c2)-c2nc-3nc3[n-]c(nc4nc(nc5[n-]c(n2)c2ccc(Oc6ccc(C(C)(C)c7ccccc7)cc6)cc52)-c2ccc(Oc5ccc(C(C)(C)c6ccccc6)cc5)cc2-4)c2ccc(Oc4ccc(C(C)(C)c5ccccc5)cc4)cc32)cc1.[Ni+2]. The van der Waals surface area contributed by atoms with E-state index in [1.165, 1.54) is 22.3 Å². The molecule has 0 aliphatic carbocycles. The van der Waals surface area contributed by atoms with Crippen LogP contribution in [-0.2, 0) is 38.2 Å². The van der Waals surface area contributed by atoms with Crippen molar-refractivity contribution in [3.8, 4) is 91.5 Å². The van der Waals surface area contributed by atoms with Gasteiger partial charge in [-0.25, -0.2) is 9.97 Å². The maximum Gasteiger partial charge on any atom is 2.00 e. The number of nitrogens with zero attached hydrogens (tertiary/aromatic N) is 8. The van der Waals surface area contributed by atoms with Gasteiger partial charge in [0.25, 0.3) is 0 Å². The monoisotopic (exact) mass is 1410 g/mol. The van der Waals surface area contributed by atoms with Crippen molar-refractivity contribution in [2.45, 2.75) is 77.0 Å². The minimum atomic E-state index is -0.231. The Morgan fingerprint density at radius 3 is 0.705 bits per heavy atom. The molecule has 0 fully saturated rings. The summed E-state index contributed by atoms with van der Waals surface area (Å²) >= 11 is 0. The fraction of sp³-hybridized carbons (Fsp3) is 0.130. The molecular formula is C92H72N8NiO4. The van der Waals surface area contributed by atoms with Gasteiger partial charge in [-0.1, -0.05) is 225 Å². The van der Waals surface area contributed by atoms with Crippen molar-refractivity contribution in [2.75, 3.05) is 0 Å². The van der Waals surface area contributed by atoms with E-state index < -0.39 is 0 Å². The Morgan fingerprint density at radius 1 is 0.210 bits per heavy atom. The summed E-state index contributed by atoms with van der Waals surface area (Å²) in [6, 6.07) is 98.7. The molecule has 17 rings (SSSR count). The first kappa shape index (κ1) is 67.2. The molecule has 0 unspecified atom stereocenters. The Morgan fingerprint density at radius 2 is 0.429 bits per heavy atom. The summed E-state index contributed by atoms with van der Waals surface area (Å²) in [7, 11) is 0. The maximum absolute atomic E-state index is 6.71. The summed E-state index contributed by atoms with van der Waals surface area (Å²) in [6.07, 6.45) is 0. The zero-order chi connectivity index (χ0) is 70.9. The fourth-order valence-electron chi connectivity index (χ4n) is 14.2. The molecule has 12 aromatic carbocycles. The summed E-state index contributed by atoms with van der Waals surface area (Å²) in [5, 5.41) is 2.79. The Labute approximate surface area is 619 Å². The molecule has 0 amide bonds. The molecule has 514 valence electrons. The Balaban J connectivity index is 0.00000847. The van der Waals surface area contributed by atoms with Crippen LogP contribution in [0.2, 0.25) is 0 Å². The topological polar surface area (TPSA) is 142 Å². The van der Waals surface area contributed by atoms with Gasteiger partial charge in [0, 0.05) is 66.5 Å². The van der Waals surface area contributed by atoms with E-state index in [9.17, 15) is 0 Å². The van der Waals surface area contributed by atoms with Crippen LogP contribution in [0.15, 0.2) is 291 Å². The summed E-state index contributed by atoms with van der Waals surface area (Å²) in [5.41, 5.74) is 12.9. The molecule has 12 nitrogen and oxygen atoms in total. The second-order valence-corrected chi connectivity index (χ2v) is 28.8. The predicted molar refractivity (Wildman–Crippen MR) is 414 cm³/mol. The van der Waals surface area contributed by atoms with Gasteiger partial charge in [0.05, 0.1) is 23.3 Å². The molecule has 2 aliphatic rings. The molecule has 8 bridgehead atoms. The number of fused-ring (bicyclic) bond motifs is 20. The van der Waals surface area contributed by atoms with Gasteiger partial charge < -0.3 is 48.9 Å². The number of rotatable bonds is 16. The van der Waals surface area contributed by atoms with Crippen molar-refractivity contribution in [1.29, 1.82) is 0 Å². The van der Waals surface area contributed by atoms with Crippen LogP contribution in [0.1, 0.15) is 99.9 Å². The fourth-order valence-corrected chi connectivity index (χ4v) is 14.2. The molecule has 0 spiro atoms. The van der Waals surface area contributed by atoms with E-state index >= 15 is 0 Å². The van der Waals surface area contributed by atoms with Crippen molar-refractivity contribution in [3.05, 3.63) is 336 Å². The predicted octanol–water partition coefficient (Wildman–Crippen LogP) is 22.6. The van der Waals surface area contributed by atoms with E-state index in [1.807, 2.05) is 146 Å². The molecular weight excluding hydrogens is 1340 g/mol. The second-order valence-electron chi connectivity index (χ2n) is 28.8. The van der Waals surface area contributed by atoms with Gasteiger partial charge in [-0.15, -0.1) is 0 Å². The Bertz CT molecular complexity index is 5580. The minimum absolute atomic E-state index is 0. The third kappa shape index (κ3) is 12.8. The summed E-state index contributed by atoms with van der Waals surface area (Å²) in [5.74, 6) is 6.52. The van der Waals surface area contributed by atoms with E-state index in [-0.39, 0.29) is 38.2 Å². The van der Waals surface area contributed by atoms with Crippen LogP contribution in [0.4, 0.5) is 0 Å². The van der Waals surface area contributed by atoms with Gasteiger partial charge in [0.15, 0.2) is 0 Å². The smallest absolute Gasteiger partial charge is 0.457 e. The van der Waals surface area contributed by atoms with Crippen molar-refractivity contribution in [3.63, 3.8) is 0 Å². The van der Waals surface area contributed by atoms with Crippen LogP contribution in [0.25, 0.3) is 89.7 Å². The number of benzene rings is 12. The van der Waals surface area contributed by atoms with Crippen LogP contribution in [0.5, 0.6) is 46.0 Å². The van der Waals surface area contributed by atoms with E-state index in [0.717, 1.165) is 22.3 Å². The van der Waals surface area contributed by atoms with Crippen LogP contribution in [0.3, 0.4) is 0 Å². The summed E-state index contributed by atoms with van der Waals surface area (Å²) in [6.45, 7) is 17.9. The number of ether oxygens (including phenoxy) is 4. The number of hydrogen-bond acceptors (Lipinski definition) is 10. The first-order valence-electron chi connectivity index (χ1n) is 35.1. The molecule has 15 aromatic rings. The summed E-state index contributed by atoms with van der Waals surface area (Å²) < 4.78 is 26.8. The van der Waals surface area contributed by atoms with Gasteiger partial charge in [0.1, 0.15) is 46.0 Å². The molecule has 0 N–H and O–H groups in total. The molecule has 5 heterocycles. The minimum Gasteiger partial charge on any atom is -0.457 e. The average molecular weight is 1410 g/mol. The quantitative estimate of drug-likeness (QED) is 0.0850. The average Bonchev–Trinajstić information content (AvgIpc) is 1.60. The van der Waals surface area contributed by atoms with Gasteiger partial charge >= 0.3 is 16.5 Å². The zero-order valence-electron chi connectivity index (χ0n) is 59.2. The summed E-state index contributed by atoms with van der Waals surface area (Å²) in [4.78, 5) is 42.7. The van der Waals surface area contributed by atoms with Crippen molar-refractivity contribution < 1.29 is 35.4 Å². The number of aromatic nitrogens is 8. The van der Waals surface area contributed by atoms with E-state index in [4.69, 9.17) is 58.8 Å². The molecule has 13 heteroatoms. The molecule has 0 saturated heterocycles. The molecule has 0 saturated carbocycles. The first-order chi connectivity index (χ1) is 50.4. The Kier molecular flexibility index (Phi) is 17.2. The van der Waals surface area contributed by atoms with Crippen LogP contribution >= 0.6 is 0 Å². The molecule has 3 aromatic heterocycles. The van der Waals surface area contributed by atoms with Gasteiger partial charge in [-0.2, -0.15) is 0 Å². The van der Waals surface area contributed by atoms with Crippen molar-refractivity contribution >= 4 is 44.1 Å². The van der Waals surface area contributed by atoms with E-state index in [2.05, 4.69) is 201 Å². The second kappa shape index (κ2) is 26.8. The maximum atomic E-state index is 6.71. The molecule has 0 atom stereocenters. The van der Waals surface area contributed by atoms with Gasteiger partial charge in [0.2, 0.25) is 0 Å². The molecule has 105 heavy (non-hydrogen) atoms. The van der Waals surface area contributed by atoms with Gasteiger partial charge in [-0.3, -0.25) is 0 Å². The van der Waals surface area contributed by atoms with E-state index in [1.54, 1.807) is 0 Å².